The molecule has 4 aromatic rings. The number of benzene rings is 2. The van der Waals surface area contributed by atoms with Crippen LogP contribution < -0.4 is 9.80 Å². The second-order valence-corrected chi connectivity index (χ2v) is 8.69. The van der Waals surface area contributed by atoms with E-state index in [0.29, 0.717) is 48.8 Å². The molecule has 13 heteroatoms. The van der Waals surface area contributed by atoms with E-state index in [-0.39, 0.29) is 11.5 Å². The molecule has 1 aliphatic heterocycles. The van der Waals surface area contributed by atoms with Crippen molar-refractivity contribution >= 4 is 23.3 Å². The minimum atomic E-state index is -4.74. The second-order valence-electron chi connectivity index (χ2n) is 8.56. The number of hydrogen-bond acceptors (Lipinski definition) is 8. The number of halogens is 4. The summed E-state index contributed by atoms with van der Waals surface area (Å²) in [4.78, 5) is 20.3. The Morgan fingerprint density at radius 1 is 0.795 bits per heavy atom. The number of aryl methyl sites for hydroxylation is 1. The van der Waals surface area contributed by atoms with Gasteiger partial charge in [-0.05, 0) is 30.7 Å². The van der Waals surface area contributed by atoms with Gasteiger partial charge in [0.25, 0.3) is 0 Å². The van der Waals surface area contributed by atoms with Crippen LogP contribution in [0.2, 0.25) is 0 Å². The van der Waals surface area contributed by atoms with Crippen LogP contribution in [0, 0.1) is 12.7 Å². The monoisotopic (exact) mass is 558 g/mol. The summed E-state index contributed by atoms with van der Waals surface area (Å²) in [6.07, 6.45) is -1.44. The first-order chi connectivity index (χ1) is 18.7. The molecule has 0 radical (unpaired) electrons. The van der Waals surface area contributed by atoms with Gasteiger partial charge in [-0.2, -0.15) is 21.6 Å². The summed E-state index contributed by atoms with van der Waals surface area (Å²) in [6, 6.07) is 14.5. The van der Waals surface area contributed by atoms with Crippen LogP contribution in [-0.2, 0) is 17.7 Å². The van der Waals surface area contributed by atoms with Crippen LogP contribution in [0.4, 0.5) is 29.3 Å². The van der Waals surface area contributed by atoms with E-state index in [0.717, 1.165) is 5.56 Å². The summed E-state index contributed by atoms with van der Waals surface area (Å²) in [6.45, 7) is 3.69. The van der Waals surface area contributed by atoms with Crippen molar-refractivity contribution in [2.75, 3.05) is 36.0 Å². The molecule has 0 atom stereocenters. The standard InChI is InChI=1S/C26H22F4N6.O2S/c1-17-3-5-19(6-4-17)22-21(18-7-9-20(27)10-8-18)23(34-24(33-22)26(28,29)30)35-13-15-36(16-14-35)25-31-11-2-12-32-25;1-3-2/h2-12H,13-16H2,1H3;. The largest absolute Gasteiger partial charge is 0.451 e. The summed E-state index contributed by atoms with van der Waals surface area (Å²) in [5.41, 5.74) is 2.59. The number of alkyl halides is 3. The minimum absolute atomic E-state index is 0.146. The van der Waals surface area contributed by atoms with Crippen molar-refractivity contribution in [1.82, 2.24) is 19.9 Å². The van der Waals surface area contributed by atoms with E-state index in [1.54, 1.807) is 30.6 Å². The Morgan fingerprint density at radius 2 is 1.33 bits per heavy atom. The Morgan fingerprint density at radius 3 is 1.90 bits per heavy atom. The van der Waals surface area contributed by atoms with Gasteiger partial charge in [0, 0.05) is 44.1 Å². The normalized spacial score (nSPS) is 13.5. The number of piperazine rings is 1. The van der Waals surface area contributed by atoms with Gasteiger partial charge >= 0.3 is 17.7 Å². The predicted molar refractivity (Wildman–Crippen MR) is 138 cm³/mol. The van der Waals surface area contributed by atoms with Crippen molar-refractivity contribution in [3.8, 4) is 22.4 Å². The van der Waals surface area contributed by atoms with E-state index < -0.39 is 29.4 Å². The maximum absolute atomic E-state index is 13.9. The Labute approximate surface area is 225 Å². The first kappa shape index (κ1) is 27.8. The molecule has 2 aromatic heterocycles. The molecule has 39 heavy (non-hydrogen) atoms. The van der Waals surface area contributed by atoms with Gasteiger partial charge in [0.05, 0.1) is 11.3 Å². The number of rotatable bonds is 4. The van der Waals surface area contributed by atoms with E-state index in [2.05, 4.69) is 19.9 Å². The molecule has 8 nitrogen and oxygen atoms in total. The SMILES string of the molecule is Cc1ccc(-c2nc(C(F)(F)F)nc(N3CCN(c4ncccn4)CC3)c2-c2ccc(F)cc2)cc1.O=S=O. The molecule has 2 aromatic carbocycles. The highest BCUT2D eigenvalue weighted by Crippen LogP contribution is 2.40. The third-order valence-electron chi connectivity index (χ3n) is 6.02. The lowest BCUT2D eigenvalue weighted by Crippen LogP contribution is -2.47. The lowest BCUT2D eigenvalue weighted by atomic mass is 9.98. The average molecular weight is 559 g/mol. The molecule has 0 amide bonds. The van der Waals surface area contributed by atoms with Crippen LogP contribution in [-0.4, -0.2) is 54.5 Å². The van der Waals surface area contributed by atoms with Gasteiger partial charge in [-0.15, -0.1) is 0 Å². The molecular weight excluding hydrogens is 536 g/mol. The Kier molecular flexibility index (Phi) is 8.59. The maximum atomic E-state index is 13.9. The summed E-state index contributed by atoms with van der Waals surface area (Å²) < 4.78 is 72.2. The fourth-order valence-corrected chi connectivity index (χ4v) is 4.18. The molecule has 0 spiro atoms. The zero-order chi connectivity index (χ0) is 28.0. The molecule has 202 valence electrons. The van der Waals surface area contributed by atoms with Crippen molar-refractivity contribution in [2.45, 2.75) is 13.1 Å². The number of aromatic nitrogens is 4. The highest BCUT2D eigenvalue weighted by atomic mass is 32.1. The summed E-state index contributed by atoms with van der Waals surface area (Å²) in [7, 11) is 0. The van der Waals surface area contributed by atoms with Crippen molar-refractivity contribution in [2.24, 2.45) is 0 Å². The zero-order valence-electron chi connectivity index (χ0n) is 20.6. The van der Waals surface area contributed by atoms with Crippen molar-refractivity contribution in [3.05, 3.63) is 84.2 Å². The molecule has 1 saturated heterocycles. The average Bonchev–Trinajstić information content (AvgIpc) is 2.94. The van der Waals surface area contributed by atoms with Gasteiger partial charge in [-0.3, -0.25) is 0 Å². The van der Waals surface area contributed by atoms with E-state index in [4.69, 9.17) is 8.42 Å². The van der Waals surface area contributed by atoms with Crippen LogP contribution in [0.3, 0.4) is 0 Å². The smallest absolute Gasteiger partial charge is 0.352 e. The van der Waals surface area contributed by atoms with Crippen LogP contribution in [0.5, 0.6) is 0 Å². The quantitative estimate of drug-likeness (QED) is 0.332. The van der Waals surface area contributed by atoms with Crippen LogP contribution >= 0.6 is 0 Å². The molecule has 0 bridgehead atoms. The van der Waals surface area contributed by atoms with E-state index in [1.165, 1.54) is 24.3 Å². The van der Waals surface area contributed by atoms with Crippen molar-refractivity contribution in [1.29, 1.82) is 0 Å². The molecule has 0 N–H and O–H groups in total. The molecule has 5 rings (SSSR count). The van der Waals surface area contributed by atoms with Crippen molar-refractivity contribution < 1.29 is 26.0 Å². The van der Waals surface area contributed by atoms with Gasteiger partial charge < -0.3 is 9.80 Å². The fraction of sp³-hybridized carbons (Fsp3) is 0.231. The first-order valence-corrected chi connectivity index (χ1v) is 12.4. The van der Waals surface area contributed by atoms with Crippen molar-refractivity contribution in [3.63, 3.8) is 0 Å². The van der Waals surface area contributed by atoms with E-state index in [9.17, 15) is 17.6 Å². The Bertz CT molecular complexity index is 1440. The minimum Gasteiger partial charge on any atom is -0.352 e. The summed E-state index contributed by atoms with van der Waals surface area (Å²) >= 11 is -0.750. The number of nitrogens with zero attached hydrogens (tertiary/aromatic N) is 6. The fourth-order valence-electron chi connectivity index (χ4n) is 4.18. The number of anilines is 2. The van der Waals surface area contributed by atoms with Crippen LogP contribution in [0.15, 0.2) is 67.0 Å². The Balaban J connectivity index is 0.00000112. The molecule has 0 aliphatic carbocycles. The van der Waals surface area contributed by atoms with Gasteiger partial charge in [-0.1, -0.05) is 42.0 Å². The lowest BCUT2D eigenvalue weighted by molar-refractivity contribution is -0.144. The number of hydrogen-bond donors (Lipinski definition) is 0. The third-order valence-corrected chi connectivity index (χ3v) is 6.02. The second kappa shape index (κ2) is 12.1. The van der Waals surface area contributed by atoms with Crippen LogP contribution in [0.1, 0.15) is 11.4 Å². The van der Waals surface area contributed by atoms with Gasteiger partial charge in [0.1, 0.15) is 11.6 Å². The summed E-state index contributed by atoms with van der Waals surface area (Å²) in [5.74, 6) is -0.933. The first-order valence-electron chi connectivity index (χ1n) is 11.7. The highest BCUT2D eigenvalue weighted by Gasteiger charge is 2.38. The molecule has 1 aliphatic rings. The summed E-state index contributed by atoms with van der Waals surface area (Å²) in [5, 5.41) is 0. The lowest BCUT2D eigenvalue weighted by Gasteiger charge is -2.36. The molecule has 0 unspecified atom stereocenters. The topological polar surface area (TPSA) is 92.2 Å². The molecule has 3 heterocycles. The third kappa shape index (κ3) is 6.60. The van der Waals surface area contributed by atoms with Crippen LogP contribution in [0.25, 0.3) is 22.4 Å². The molecule has 1 fully saturated rings. The Hall–Kier alpha value is -4.26. The van der Waals surface area contributed by atoms with E-state index in [1.807, 2.05) is 28.9 Å². The van der Waals surface area contributed by atoms with Gasteiger partial charge in [0.2, 0.25) is 11.8 Å². The molecular formula is C26H22F4N6O2S. The van der Waals surface area contributed by atoms with E-state index >= 15 is 0 Å². The predicted octanol–water partition coefficient (Wildman–Crippen LogP) is 4.72. The zero-order valence-corrected chi connectivity index (χ0v) is 21.4. The van der Waals surface area contributed by atoms with Gasteiger partial charge in [-0.25, -0.2) is 24.3 Å². The van der Waals surface area contributed by atoms with Gasteiger partial charge in [0.15, 0.2) is 0 Å². The highest BCUT2D eigenvalue weighted by molar-refractivity contribution is 7.51. The maximum Gasteiger partial charge on any atom is 0.451 e. The molecule has 0 saturated carbocycles.